The van der Waals surface area contributed by atoms with E-state index in [1.54, 1.807) is 13.1 Å². The minimum Gasteiger partial charge on any atom is -0.315 e. The van der Waals surface area contributed by atoms with Gasteiger partial charge in [-0.05, 0) is 25.1 Å². The van der Waals surface area contributed by atoms with Gasteiger partial charge in [-0.25, -0.2) is 8.78 Å². The van der Waals surface area contributed by atoms with Gasteiger partial charge in [-0.1, -0.05) is 36.4 Å². The molecule has 1 aliphatic rings. The maximum Gasteiger partial charge on any atom is 0.232 e. The Morgan fingerprint density at radius 3 is 2.48 bits per heavy atom. The summed E-state index contributed by atoms with van der Waals surface area (Å²) < 4.78 is 27.9. The highest BCUT2D eigenvalue weighted by molar-refractivity contribution is 5.97. The Labute approximate surface area is 169 Å². The molecule has 29 heavy (non-hydrogen) atoms. The van der Waals surface area contributed by atoms with Gasteiger partial charge in [0.05, 0.1) is 5.92 Å². The average Bonchev–Trinajstić information content (AvgIpc) is 3.01. The van der Waals surface area contributed by atoms with E-state index >= 15 is 0 Å². The Hall–Kier alpha value is -2.86. The van der Waals surface area contributed by atoms with E-state index in [0.29, 0.717) is 5.69 Å². The van der Waals surface area contributed by atoms with Crippen LogP contribution in [0.2, 0.25) is 0 Å². The molecule has 1 saturated heterocycles. The molecule has 2 aromatic carbocycles. The van der Waals surface area contributed by atoms with Crippen molar-refractivity contribution in [1.29, 1.82) is 0 Å². The van der Waals surface area contributed by atoms with E-state index in [-0.39, 0.29) is 24.1 Å². The summed E-state index contributed by atoms with van der Waals surface area (Å²) in [6, 6.07) is 12.3. The van der Waals surface area contributed by atoms with Gasteiger partial charge < -0.3 is 9.69 Å². The Kier molecular flexibility index (Phi) is 6.23. The van der Waals surface area contributed by atoms with E-state index in [0.717, 1.165) is 12.4 Å². The number of hydrogen-bond acceptors (Lipinski definition) is 3. The maximum absolute atomic E-state index is 14.2. The van der Waals surface area contributed by atoms with Crippen molar-refractivity contribution in [3.05, 3.63) is 78.4 Å². The molecule has 4 nitrogen and oxygen atoms in total. The number of rotatable bonds is 6. The van der Waals surface area contributed by atoms with Gasteiger partial charge in [0, 0.05) is 42.8 Å². The fraction of sp³-hybridized carbons (Fsp3) is 0.304. The molecule has 1 fully saturated rings. The van der Waals surface area contributed by atoms with Crippen molar-refractivity contribution in [3.8, 4) is 0 Å². The lowest BCUT2D eigenvalue weighted by molar-refractivity contribution is -0.126. The summed E-state index contributed by atoms with van der Waals surface area (Å²) in [5, 5.41) is 0. The van der Waals surface area contributed by atoms with E-state index in [1.807, 2.05) is 42.2 Å². The number of carbonyl (C=O) groups excluding carboxylic acids is 2. The standard InChI is InChI=1S/C23H24F2N2O2/c1-4-20-21(23(29)26(3)17-10-6-5-7-11-17)18(14-28)15(2)27(20)13-16-9-8-12-19(24)22(16)25/h4-12,14-15,18,20-21H,1,13H2,2-3H3. The fourth-order valence-electron chi connectivity index (χ4n) is 4.14. The Morgan fingerprint density at radius 2 is 1.86 bits per heavy atom. The second-order valence-corrected chi connectivity index (χ2v) is 7.32. The van der Waals surface area contributed by atoms with E-state index < -0.39 is 29.5 Å². The highest BCUT2D eigenvalue weighted by Gasteiger charge is 2.50. The van der Waals surface area contributed by atoms with Gasteiger partial charge in [0.2, 0.25) is 5.91 Å². The smallest absolute Gasteiger partial charge is 0.232 e. The molecule has 152 valence electrons. The molecule has 3 rings (SSSR count). The first-order valence-corrected chi connectivity index (χ1v) is 9.49. The van der Waals surface area contributed by atoms with Crippen LogP contribution in [-0.2, 0) is 16.1 Å². The molecule has 4 atom stereocenters. The summed E-state index contributed by atoms with van der Waals surface area (Å²) in [6.45, 7) is 5.74. The van der Waals surface area contributed by atoms with E-state index in [2.05, 4.69) is 6.58 Å². The monoisotopic (exact) mass is 398 g/mol. The number of para-hydroxylation sites is 1. The normalized spacial score (nSPS) is 24.3. The Bertz CT molecular complexity index is 903. The Balaban J connectivity index is 1.93. The van der Waals surface area contributed by atoms with Gasteiger partial charge in [0.25, 0.3) is 0 Å². The van der Waals surface area contributed by atoms with E-state index in [1.165, 1.54) is 17.0 Å². The van der Waals surface area contributed by atoms with Crippen LogP contribution in [0.5, 0.6) is 0 Å². The first kappa shape index (κ1) is 20.9. The van der Waals surface area contributed by atoms with Gasteiger partial charge >= 0.3 is 0 Å². The molecule has 0 aliphatic carbocycles. The quantitative estimate of drug-likeness (QED) is 0.549. The van der Waals surface area contributed by atoms with Gasteiger partial charge in [-0.2, -0.15) is 0 Å². The highest BCUT2D eigenvalue weighted by Crippen LogP contribution is 2.38. The average molecular weight is 398 g/mol. The van der Waals surface area contributed by atoms with Gasteiger partial charge in [-0.15, -0.1) is 6.58 Å². The molecule has 1 aliphatic heterocycles. The minimum atomic E-state index is -0.923. The zero-order valence-corrected chi connectivity index (χ0v) is 16.5. The lowest BCUT2D eigenvalue weighted by atomic mass is 9.87. The zero-order chi connectivity index (χ0) is 21.1. The molecule has 0 bridgehead atoms. The summed E-state index contributed by atoms with van der Waals surface area (Å²) in [4.78, 5) is 28.6. The molecular formula is C23H24F2N2O2. The second-order valence-electron chi connectivity index (χ2n) is 7.32. The van der Waals surface area contributed by atoms with Crippen LogP contribution >= 0.6 is 0 Å². The number of carbonyl (C=O) groups is 2. The van der Waals surface area contributed by atoms with Crippen LogP contribution in [0.4, 0.5) is 14.5 Å². The molecular weight excluding hydrogens is 374 g/mol. The number of aldehydes is 1. The minimum absolute atomic E-state index is 0.0740. The molecule has 1 amide bonds. The summed E-state index contributed by atoms with van der Waals surface area (Å²) in [5.41, 5.74) is 0.894. The lowest BCUT2D eigenvalue weighted by Gasteiger charge is -2.29. The number of nitrogens with zero attached hydrogens (tertiary/aromatic N) is 2. The molecule has 0 spiro atoms. The third-order valence-electron chi connectivity index (χ3n) is 5.79. The summed E-state index contributed by atoms with van der Waals surface area (Å²) in [6.07, 6.45) is 2.39. The molecule has 0 saturated carbocycles. The van der Waals surface area contributed by atoms with Crippen LogP contribution in [0.1, 0.15) is 12.5 Å². The number of likely N-dealkylation sites (tertiary alicyclic amines) is 1. The predicted molar refractivity (Wildman–Crippen MR) is 108 cm³/mol. The van der Waals surface area contributed by atoms with Crippen LogP contribution in [0, 0.1) is 23.5 Å². The van der Waals surface area contributed by atoms with Gasteiger partial charge in [0.1, 0.15) is 6.29 Å². The van der Waals surface area contributed by atoms with Crippen LogP contribution in [0.25, 0.3) is 0 Å². The maximum atomic E-state index is 14.2. The third-order valence-corrected chi connectivity index (χ3v) is 5.79. The predicted octanol–water partition coefficient (Wildman–Crippen LogP) is 3.82. The highest BCUT2D eigenvalue weighted by atomic mass is 19.2. The van der Waals surface area contributed by atoms with Crippen LogP contribution in [-0.4, -0.2) is 36.2 Å². The van der Waals surface area contributed by atoms with Crippen LogP contribution < -0.4 is 4.90 Å². The van der Waals surface area contributed by atoms with Crippen molar-refractivity contribution in [2.75, 3.05) is 11.9 Å². The van der Waals surface area contributed by atoms with Gasteiger partial charge in [0.15, 0.2) is 11.6 Å². The fourth-order valence-corrected chi connectivity index (χ4v) is 4.14. The lowest BCUT2D eigenvalue weighted by Crippen LogP contribution is -2.41. The summed E-state index contributed by atoms with van der Waals surface area (Å²) in [5.74, 6) is -3.31. The van der Waals surface area contributed by atoms with Crippen molar-refractivity contribution in [2.45, 2.75) is 25.6 Å². The first-order valence-electron chi connectivity index (χ1n) is 9.49. The van der Waals surface area contributed by atoms with Crippen molar-refractivity contribution in [1.82, 2.24) is 4.90 Å². The molecule has 2 aromatic rings. The van der Waals surface area contributed by atoms with Crippen LogP contribution in [0.3, 0.4) is 0 Å². The number of hydrogen-bond donors (Lipinski definition) is 0. The molecule has 1 heterocycles. The Morgan fingerprint density at radius 1 is 1.17 bits per heavy atom. The molecule has 0 radical (unpaired) electrons. The number of benzene rings is 2. The number of halogens is 2. The summed E-state index contributed by atoms with van der Waals surface area (Å²) >= 11 is 0. The SMILES string of the molecule is C=CC1C(C(=O)N(C)c2ccccc2)C(C=O)C(C)N1Cc1cccc(F)c1F. The zero-order valence-electron chi connectivity index (χ0n) is 16.5. The molecule has 6 heteroatoms. The van der Waals surface area contributed by atoms with Gasteiger partial charge in [-0.3, -0.25) is 9.69 Å². The van der Waals surface area contributed by atoms with Crippen molar-refractivity contribution in [3.63, 3.8) is 0 Å². The van der Waals surface area contributed by atoms with E-state index in [4.69, 9.17) is 0 Å². The number of amides is 1. The topological polar surface area (TPSA) is 40.6 Å². The van der Waals surface area contributed by atoms with Crippen LogP contribution in [0.15, 0.2) is 61.2 Å². The molecule has 0 N–H and O–H groups in total. The first-order chi connectivity index (χ1) is 13.9. The summed E-state index contributed by atoms with van der Waals surface area (Å²) in [7, 11) is 1.67. The third kappa shape index (κ3) is 3.85. The molecule has 0 aromatic heterocycles. The number of anilines is 1. The van der Waals surface area contributed by atoms with Crippen molar-refractivity contribution in [2.24, 2.45) is 11.8 Å². The van der Waals surface area contributed by atoms with Crippen molar-refractivity contribution < 1.29 is 18.4 Å². The molecule has 4 unspecified atom stereocenters. The van der Waals surface area contributed by atoms with E-state index in [9.17, 15) is 18.4 Å². The second kappa shape index (κ2) is 8.66. The van der Waals surface area contributed by atoms with Crippen molar-refractivity contribution >= 4 is 17.9 Å². The largest absolute Gasteiger partial charge is 0.315 e.